The third-order valence-electron chi connectivity index (χ3n) is 1.27. The van der Waals surface area contributed by atoms with Crippen molar-refractivity contribution in [2.75, 3.05) is 0 Å². The van der Waals surface area contributed by atoms with Crippen LogP contribution in [0.1, 0.15) is 17.3 Å². The van der Waals surface area contributed by atoms with Gasteiger partial charge in [-0.05, 0) is 31.2 Å². The fraction of sp³-hybridized carbons (Fsp3) is 0.100. The van der Waals surface area contributed by atoms with Crippen LogP contribution < -0.4 is 0 Å². The van der Waals surface area contributed by atoms with E-state index >= 15 is 0 Å². The molecule has 0 aliphatic heterocycles. The smallest absolute Gasteiger partial charge is 0.159 e. The summed E-state index contributed by atoms with van der Waals surface area (Å²) in [7, 11) is 0. The highest BCUT2D eigenvalue weighted by atomic mass is 16.3. The molecule has 1 aromatic carbocycles. The van der Waals surface area contributed by atoms with Crippen LogP contribution in [0.3, 0.4) is 0 Å². The van der Waals surface area contributed by atoms with Crippen molar-refractivity contribution in [3.05, 3.63) is 43.0 Å². The molecule has 2 heteroatoms. The van der Waals surface area contributed by atoms with Gasteiger partial charge in [0.1, 0.15) is 5.75 Å². The average Bonchev–Trinajstić information content (AvgIpc) is 2.09. The highest BCUT2D eigenvalue weighted by molar-refractivity contribution is 5.94. The van der Waals surface area contributed by atoms with Gasteiger partial charge in [0.15, 0.2) is 5.78 Å². The fourth-order valence-corrected chi connectivity index (χ4v) is 0.696. The summed E-state index contributed by atoms with van der Waals surface area (Å²) >= 11 is 0. The van der Waals surface area contributed by atoms with Gasteiger partial charge in [0, 0.05) is 5.56 Å². The van der Waals surface area contributed by atoms with Gasteiger partial charge in [-0.25, -0.2) is 0 Å². The first-order valence-corrected chi connectivity index (χ1v) is 3.50. The van der Waals surface area contributed by atoms with Crippen molar-refractivity contribution in [3.63, 3.8) is 0 Å². The Balaban J connectivity index is 0.000000561. The highest BCUT2D eigenvalue weighted by Crippen LogP contribution is 2.09. The molecule has 64 valence electrons. The molecule has 12 heavy (non-hydrogen) atoms. The van der Waals surface area contributed by atoms with Crippen molar-refractivity contribution >= 4 is 5.78 Å². The zero-order valence-corrected chi connectivity index (χ0v) is 7.08. The van der Waals surface area contributed by atoms with Crippen LogP contribution in [0.15, 0.2) is 37.4 Å². The Morgan fingerprint density at radius 1 is 1.25 bits per heavy atom. The lowest BCUT2D eigenvalue weighted by Gasteiger charge is -1.93. The molecule has 0 spiro atoms. The highest BCUT2D eigenvalue weighted by Gasteiger charge is 1.96. The van der Waals surface area contributed by atoms with Gasteiger partial charge in [-0.1, -0.05) is 0 Å². The zero-order chi connectivity index (χ0) is 9.56. The number of aromatic hydroxyl groups is 1. The van der Waals surface area contributed by atoms with Gasteiger partial charge in [-0.2, -0.15) is 0 Å². The first-order valence-electron chi connectivity index (χ1n) is 3.50. The first kappa shape index (κ1) is 10.4. The number of ketones is 1. The van der Waals surface area contributed by atoms with Crippen LogP contribution in [0.25, 0.3) is 0 Å². The SMILES string of the molecule is C=C.CC(=O)c1ccc(O)cc1. The molecule has 0 saturated carbocycles. The van der Waals surface area contributed by atoms with E-state index in [1.807, 2.05) is 0 Å². The van der Waals surface area contributed by atoms with Crippen molar-refractivity contribution in [2.45, 2.75) is 6.92 Å². The fourth-order valence-electron chi connectivity index (χ4n) is 0.696. The second-order valence-electron chi connectivity index (χ2n) is 2.10. The summed E-state index contributed by atoms with van der Waals surface area (Å²) in [4.78, 5) is 10.7. The summed E-state index contributed by atoms with van der Waals surface area (Å²) < 4.78 is 0. The summed E-state index contributed by atoms with van der Waals surface area (Å²) in [5.41, 5.74) is 0.623. The number of Topliss-reactive ketones (excluding diaryl/α,β-unsaturated/α-hetero) is 1. The number of phenolic OH excluding ortho intramolecular Hbond substituents is 1. The first-order chi connectivity index (χ1) is 5.70. The van der Waals surface area contributed by atoms with Gasteiger partial charge in [-0.3, -0.25) is 4.79 Å². The van der Waals surface area contributed by atoms with E-state index in [0.717, 1.165) is 0 Å². The largest absolute Gasteiger partial charge is 0.508 e. The molecule has 0 aliphatic carbocycles. The van der Waals surface area contributed by atoms with Crippen LogP contribution >= 0.6 is 0 Å². The Bertz CT molecular complexity index is 249. The Kier molecular flexibility index (Phi) is 4.46. The third kappa shape index (κ3) is 3.01. The van der Waals surface area contributed by atoms with Gasteiger partial charge < -0.3 is 5.11 Å². The zero-order valence-electron chi connectivity index (χ0n) is 7.08. The van der Waals surface area contributed by atoms with E-state index in [4.69, 9.17) is 5.11 Å². The van der Waals surface area contributed by atoms with Crippen LogP contribution in [0, 0.1) is 0 Å². The normalized spacial score (nSPS) is 8.08. The molecule has 0 amide bonds. The lowest BCUT2D eigenvalue weighted by atomic mass is 10.1. The summed E-state index contributed by atoms with van der Waals surface area (Å²) in [6.45, 7) is 7.49. The van der Waals surface area contributed by atoms with Crippen molar-refractivity contribution in [1.29, 1.82) is 0 Å². The summed E-state index contributed by atoms with van der Waals surface area (Å²) in [5, 5.41) is 8.83. The number of carbonyl (C=O) groups is 1. The van der Waals surface area contributed by atoms with E-state index in [0.29, 0.717) is 5.56 Å². The monoisotopic (exact) mass is 164 g/mol. The Hall–Kier alpha value is -1.57. The van der Waals surface area contributed by atoms with Gasteiger partial charge in [0.2, 0.25) is 0 Å². The predicted molar refractivity (Wildman–Crippen MR) is 49.4 cm³/mol. The molecule has 0 aromatic heterocycles. The third-order valence-corrected chi connectivity index (χ3v) is 1.27. The number of benzene rings is 1. The molecule has 0 unspecified atom stereocenters. The Morgan fingerprint density at radius 2 is 1.67 bits per heavy atom. The summed E-state index contributed by atoms with van der Waals surface area (Å²) in [6, 6.07) is 6.18. The second-order valence-corrected chi connectivity index (χ2v) is 2.10. The number of hydrogen-bond acceptors (Lipinski definition) is 2. The molecular formula is C10H12O2. The molecule has 0 bridgehead atoms. The Labute approximate surface area is 72.2 Å². The standard InChI is InChI=1S/C8H8O2.C2H4/c1-6(9)7-2-4-8(10)5-3-7;1-2/h2-5,10H,1H3;1-2H2. The minimum Gasteiger partial charge on any atom is -0.508 e. The number of phenols is 1. The topological polar surface area (TPSA) is 37.3 Å². The van der Waals surface area contributed by atoms with Gasteiger partial charge in [0.25, 0.3) is 0 Å². The van der Waals surface area contributed by atoms with Crippen molar-refractivity contribution in [3.8, 4) is 5.75 Å². The average molecular weight is 164 g/mol. The number of rotatable bonds is 1. The maximum atomic E-state index is 10.7. The minimum absolute atomic E-state index is 0.0139. The molecule has 0 atom stereocenters. The number of carbonyl (C=O) groups excluding carboxylic acids is 1. The van der Waals surface area contributed by atoms with Crippen LogP contribution in [0.5, 0.6) is 5.75 Å². The quantitative estimate of drug-likeness (QED) is 0.511. The van der Waals surface area contributed by atoms with Gasteiger partial charge in [0.05, 0.1) is 0 Å². The molecule has 1 N–H and O–H groups in total. The van der Waals surface area contributed by atoms with Crippen LogP contribution in [0.2, 0.25) is 0 Å². The molecule has 0 saturated heterocycles. The molecular weight excluding hydrogens is 152 g/mol. The van der Waals surface area contributed by atoms with E-state index < -0.39 is 0 Å². The lowest BCUT2D eigenvalue weighted by Crippen LogP contribution is -1.89. The number of hydrogen-bond donors (Lipinski definition) is 1. The van der Waals surface area contributed by atoms with Crippen LogP contribution in [0.4, 0.5) is 0 Å². The maximum Gasteiger partial charge on any atom is 0.159 e. The molecule has 0 heterocycles. The van der Waals surface area contributed by atoms with Crippen molar-refractivity contribution < 1.29 is 9.90 Å². The summed E-state index contributed by atoms with van der Waals surface area (Å²) in [5.74, 6) is 0.199. The van der Waals surface area contributed by atoms with Crippen molar-refractivity contribution in [1.82, 2.24) is 0 Å². The molecule has 0 fully saturated rings. The molecule has 1 rings (SSSR count). The lowest BCUT2D eigenvalue weighted by molar-refractivity contribution is 0.101. The van der Waals surface area contributed by atoms with Gasteiger partial charge >= 0.3 is 0 Å². The van der Waals surface area contributed by atoms with Crippen LogP contribution in [-0.2, 0) is 0 Å². The predicted octanol–water partition coefficient (Wildman–Crippen LogP) is 2.40. The van der Waals surface area contributed by atoms with E-state index in [-0.39, 0.29) is 11.5 Å². The maximum absolute atomic E-state index is 10.7. The minimum atomic E-state index is 0.0139. The molecule has 0 radical (unpaired) electrons. The second kappa shape index (κ2) is 5.13. The van der Waals surface area contributed by atoms with Crippen LogP contribution in [-0.4, -0.2) is 10.9 Å². The summed E-state index contributed by atoms with van der Waals surface area (Å²) in [6.07, 6.45) is 0. The molecule has 0 aliphatic rings. The Morgan fingerprint density at radius 3 is 2.00 bits per heavy atom. The molecule has 1 aromatic rings. The van der Waals surface area contributed by atoms with Crippen molar-refractivity contribution in [2.24, 2.45) is 0 Å². The van der Waals surface area contributed by atoms with Gasteiger partial charge in [-0.15, -0.1) is 13.2 Å². The van der Waals surface area contributed by atoms with E-state index in [9.17, 15) is 4.79 Å². The van der Waals surface area contributed by atoms with E-state index in [2.05, 4.69) is 13.2 Å². The van der Waals surface area contributed by atoms with E-state index in [1.165, 1.54) is 19.1 Å². The molecule has 2 nitrogen and oxygen atoms in total. The van der Waals surface area contributed by atoms with E-state index in [1.54, 1.807) is 12.1 Å².